The van der Waals surface area contributed by atoms with Crippen molar-refractivity contribution >= 4 is 51.3 Å². The van der Waals surface area contributed by atoms with Gasteiger partial charge in [-0.3, -0.25) is 9.48 Å². The van der Waals surface area contributed by atoms with E-state index in [-0.39, 0.29) is 5.69 Å². The molecule has 0 aliphatic rings. The SMILES string of the molecule is O=C(N/N=C\c1cccc(Cl)c1)c1nn(Cc2ccc(Cl)cc2)cc1Br. The lowest BCUT2D eigenvalue weighted by molar-refractivity contribution is 0.0948. The molecule has 0 saturated heterocycles. The predicted molar refractivity (Wildman–Crippen MR) is 107 cm³/mol. The number of carbonyl (C=O) groups is 1. The Kier molecular flexibility index (Phi) is 6.08. The van der Waals surface area contributed by atoms with Crippen LogP contribution >= 0.6 is 39.1 Å². The highest BCUT2D eigenvalue weighted by Gasteiger charge is 2.14. The summed E-state index contributed by atoms with van der Waals surface area (Å²) in [6.07, 6.45) is 3.26. The molecule has 26 heavy (non-hydrogen) atoms. The molecule has 0 bridgehead atoms. The first-order valence-electron chi connectivity index (χ1n) is 7.57. The van der Waals surface area contributed by atoms with Crippen LogP contribution in [0.15, 0.2) is 64.3 Å². The molecule has 1 N–H and O–H groups in total. The van der Waals surface area contributed by atoms with Gasteiger partial charge in [0, 0.05) is 16.2 Å². The van der Waals surface area contributed by atoms with Gasteiger partial charge in [-0.15, -0.1) is 0 Å². The highest BCUT2D eigenvalue weighted by Crippen LogP contribution is 2.17. The summed E-state index contributed by atoms with van der Waals surface area (Å²) in [4.78, 5) is 12.3. The quantitative estimate of drug-likeness (QED) is 0.448. The van der Waals surface area contributed by atoms with E-state index in [1.807, 2.05) is 30.3 Å². The van der Waals surface area contributed by atoms with E-state index in [4.69, 9.17) is 23.2 Å². The number of halogens is 3. The number of hydrazone groups is 1. The zero-order chi connectivity index (χ0) is 18.5. The first-order chi connectivity index (χ1) is 12.5. The summed E-state index contributed by atoms with van der Waals surface area (Å²) in [6.45, 7) is 0.523. The molecule has 0 atom stereocenters. The van der Waals surface area contributed by atoms with E-state index in [2.05, 4.69) is 31.6 Å². The smallest absolute Gasteiger partial charge is 0.266 e. The summed E-state index contributed by atoms with van der Waals surface area (Å²) in [6, 6.07) is 14.6. The van der Waals surface area contributed by atoms with E-state index >= 15 is 0 Å². The number of nitrogens with one attached hydrogen (secondary N) is 1. The first kappa shape index (κ1) is 18.6. The van der Waals surface area contributed by atoms with Crippen molar-refractivity contribution < 1.29 is 4.79 Å². The van der Waals surface area contributed by atoms with Crippen molar-refractivity contribution in [2.75, 3.05) is 0 Å². The van der Waals surface area contributed by atoms with Gasteiger partial charge in [-0.25, -0.2) is 5.43 Å². The number of nitrogens with zero attached hydrogens (tertiary/aromatic N) is 3. The van der Waals surface area contributed by atoms with Crippen LogP contribution in [-0.2, 0) is 6.54 Å². The Bertz CT molecular complexity index is 954. The van der Waals surface area contributed by atoms with Gasteiger partial charge in [0.2, 0.25) is 0 Å². The molecule has 3 aromatic rings. The molecule has 0 radical (unpaired) electrons. The number of carbonyl (C=O) groups excluding carboxylic acids is 1. The Labute approximate surface area is 168 Å². The van der Waals surface area contributed by atoms with Crippen molar-refractivity contribution in [2.45, 2.75) is 6.54 Å². The summed E-state index contributed by atoms with van der Waals surface area (Å²) >= 11 is 15.1. The molecule has 1 aromatic heterocycles. The summed E-state index contributed by atoms with van der Waals surface area (Å²) in [5.41, 5.74) is 4.51. The molecule has 0 fully saturated rings. The van der Waals surface area contributed by atoms with Crippen molar-refractivity contribution in [3.63, 3.8) is 0 Å². The van der Waals surface area contributed by atoms with Crippen molar-refractivity contribution in [3.05, 3.63) is 86.1 Å². The standard InChI is InChI=1S/C18H13BrCl2N4O/c19-16-11-25(10-12-4-6-14(20)7-5-12)24-17(16)18(26)23-22-9-13-2-1-3-15(21)8-13/h1-9,11H,10H2,(H,23,26)/b22-9-. The average Bonchev–Trinajstić information content (AvgIpc) is 2.97. The lowest BCUT2D eigenvalue weighted by Gasteiger charge is -2.01. The Balaban J connectivity index is 1.66. The van der Waals surface area contributed by atoms with Gasteiger partial charge in [0.05, 0.1) is 17.2 Å². The van der Waals surface area contributed by atoms with Crippen LogP contribution in [0.25, 0.3) is 0 Å². The third-order valence-corrected chi connectivity index (χ3v) is 4.49. The van der Waals surface area contributed by atoms with E-state index in [0.717, 1.165) is 11.1 Å². The molecule has 5 nitrogen and oxygen atoms in total. The third kappa shape index (κ3) is 4.94. The van der Waals surface area contributed by atoms with Gasteiger partial charge in [-0.05, 0) is 51.3 Å². The van der Waals surface area contributed by atoms with E-state index in [9.17, 15) is 4.79 Å². The van der Waals surface area contributed by atoms with Gasteiger partial charge in [0.15, 0.2) is 5.69 Å². The minimum Gasteiger partial charge on any atom is -0.266 e. The predicted octanol–water partition coefficient (Wildman–Crippen LogP) is 4.76. The van der Waals surface area contributed by atoms with Crippen LogP contribution < -0.4 is 5.43 Å². The number of benzene rings is 2. The fourth-order valence-electron chi connectivity index (χ4n) is 2.21. The van der Waals surface area contributed by atoms with Crippen LogP contribution in [0.4, 0.5) is 0 Å². The summed E-state index contributed by atoms with van der Waals surface area (Å²) in [5, 5.41) is 9.51. The van der Waals surface area contributed by atoms with Crippen LogP contribution in [0.2, 0.25) is 10.0 Å². The number of aromatic nitrogens is 2. The zero-order valence-electron chi connectivity index (χ0n) is 13.4. The van der Waals surface area contributed by atoms with Gasteiger partial charge in [0.1, 0.15) is 0 Å². The third-order valence-electron chi connectivity index (χ3n) is 3.42. The second-order valence-electron chi connectivity index (χ2n) is 5.40. The Morgan fingerprint density at radius 1 is 1.19 bits per heavy atom. The van der Waals surface area contributed by atoms with Gasteiger partial charge in [-0.1, -0.05) is 47.5 Å². The van der Waals surface area contributed by atoms with E-state index in [0.29, 0.717) is 21.1 Å². The second kappa shape index (κ2) is 8.49. The van der Waals surface area contributed by atoms with Gasteiger partial charge < -0.3 is 0 Å². The minimum atomic E-state index is -0.412. The molecule has 3 rings (SSSR count). The monoisotopic (exact) mass is 450 g/mol. The zero-order valence-corrected chi connectivity index (χ0v) is 16.5. The number of amides is 1. The maximum atomic E-state index is 12.3. The topological polar surface area (TPSA) is 59.3 Å². The molecule has 0 saturated carbocycles. The largest absolute Gasteiger partial charge is 0.293 e. The molecular weight excluding hydrogens is 439 g/mol. The maximum absolute atomic E-state index is 12.3. The summed E-state index contributed by atoms with van der Waals surface area (Å²) in [5.74, 6) is -0.412. The van der Waals surface area contributed by atoms with Crippen molar-refractivity contribution in [1.29, 1.82) is 0 Å². The first-order valence-corrected chi connectivity index (χ1v) is 9.12. The number of hydrogen-bond donors (Lipinski definition) is 1. The van der Waals surface area contributed by atoms with E-state index in [1.165, 1.54) is 6.21 Å². The Hall–Kier alpha value is -2.15. The van der Waals surface area contributed by atoms with Gasteiger partial charge in [0.25, 0.3) is 5.91 Å². The molecule has 0 aliphatic carbocycles. The molecule has 1 heterocycles. The van der Waals surface area contributed by atoms with Gasteiger partial charge >= 0.3 is 0 Å². The van der Waals surface area contributed by atoms with Crippen LogP contribution in [0.1, 0.15) is 21.6 Å². The molecule has 1 amide bonds. The Morgan fingerprint density at radius 3 is 2.69 bits per heavy atom. The second-order valence-corrected chi connectivity index (χ2v) is 7.13. The van der Waals surface area contributed by atoms with E-state index < -0.39 is 5.91 Å². The van der Waals surface area contributed by atoms with E-state index in [1.54, 1.807) is 29.1 Å². The average molecular weight is 452 g/mol. The fraction of sp³-hybridized carbons (Fsp3) is 0.0556. The number of hydrogen-bond acceptors (Lipinski definition) is 3. The lowest BCUT2D eigenvalue weighted by atomic mass is 10.2. The fourth-order valence-corrected chi connectivity index (χ4v) is 3.03. The minimum absolute atomic E-state index is 0.252. The van der Waals surface area contributed by atoms with Crippen LogP contribution in [0.5, 0.6) is 0 Å². The van der Waals surface area contributed by atoms with Gasteiger partial charge in [-0.2, -0.15) is 10.2 Å². The highest BCUT2D eigenvalue weighted by molar-refractivity contribution is 9.10. The molecule has 132 valence electrons. The molecule has 0 spiro atoms. The summed E-state index contributed by atoms with van der Waals surface area (Å²) in [7, 11) is 0. The molecular formula is C18H13BrCl2N4O. The van der Waals surface area contributed by atoms with Crippen LogP contribution in [0.3, 0.4) is 0 Å². The van der Waals surface area contributed by atoms with Crippen molar-refractivity contribution in [2.24, 2.45) is 5.10 Å². The summed E-state index contributed by atoms with van der Waals surface area (Å²) < 4.78 is 2.25. The molecule has 8 heteroatoms. The maximum Gasteiger partial charge on any atom is 0.293 e. The number of rotatable bonds is 5. The molecule has 2 aromatic carbocycles. The van der Waals surface area contributed by atoms with Crippen molar-refractivity contribution in [3.8, 4) is 0 Å². The Morgan fingerprint density at radius 2 is 1.96 bits per heavy atom. The van der Waals surface area contributed by atoms with Crippen molar-refractivity contribution in [1.82, 2.24) is 15.2 Å². The molecule has 0 aliphatic heterocycles. The van der Waals surface area contributed by atoms with Crippen LogP contribution in [-0.4, -0.2) is 21.9 Å². The molecule has 0 unspecified atom stereocenters. The normalized spacial score (nSPS) is 11.0. The van der Waals surface area contributed by atoms with Crippen LogP contribution in [0, 0.1) is 0 Å². The lowest BCUT2D eigenvalue weighted by Crippen LogP contribution is -2.19. The highest BCUT2D eigenvalue weighted by atomic mass is 79.9.